The zero-order chi connectivity index (χ0) is 26.5. The van der Waals surface area contributed by atoms with Crippen LogP contribution in [0, 0.1) is 0 Å². The monoisotopic (exact) mass is 526 g/mol. The minimum absolute atomic E-state index is 0.00805. The minimum atomic E-state index is -4.94. The highest BCUT2D eigenvalue weighted by atomic mass is 19.4. The maximum absolute atomic E-state index is 13.8. The Bertz CT molecular complexity index is 1310. The predicted molar refractivity (Wildman–Crippen MR) is 122 cm³/mol. The first-order valence-electron chi connectivity index (χ1n) is 11.7. The molecule has 3 aromatic rings. The van der Waals surface area contributed by atoms with Crippen molar-refractivity contribution in [3.8, 4) is 11.5 Å². The van der Waals surface area contributed by atoms with Gasteiger partial charge in [0.05, 0.1) is 25.3 Å². The van der Waals surface area contributed by atoms with Crippen LogP contribution in [0.3, 0.4) is 0 Å². The number of hydrogen-bond donors (Lipinski definition) is 0. The molecule has 0 bridgehead atoms. The van der Waals surface area contributed by atoms with Gasteiger partial charge in [-0.05, 0) is 48.2 Å². The molecule has 2 aromatic carbocycles. The molecule has 198 valence electrons. The lowest BCUT2D eigenvalue weighted by atomic mass is 9.91. The van der Waals surface area contributed by atoms with Crippen LogP contribution in [0.4, 0.5) is 26.3 Å². The number of halogens is 6. The van der Waals surface area contributed by atoms with Crippen LogP contribution in [0.5, 0.6) is 11.5 Å². The van der Waals surface area contributed by atoms with E-state index in [9.17, 15) is 26.3 Å². The fourth-order valence-electron chi connectivity index (χ4n) is 5.34. The Kier molecular flexibility index (Phi) is 6.47. The van der Waals surface area contributed by atoms with E-state index in [0.717, 1.165) is 25.0 Å². The Balaban J connectivity index is 1.67. The Hall–Kier alpha value is -3.05. The van der Waals surface area contributed by atoms with Crippen molar-refractivity contribution in [2.75, 3.05) is 20.8 Å². The number of hydrogen-bond acceptors (Lipinski definition) is 5. The van der Waals surface area contributed by atoms with E-state index in [1.165, 1.54) is 26.4 Å². The number of rotatable bonds is 4. The number of alkyl halides is 6. The molecule has 3 unspecified atom stereocenters. The quantitative estimate of drug-likeness (QED) is 0.346. The molecule has 3 atom stereocenters. The Morgan fingerprint density at radius 1 is 0.919 bits per heavy atom. The Morgan fingerprint density at radius 3 is 2.35 bits per heavy atom. The van der Waals surface area contributed by atoms with Crippen LogP contribution in [0.2, 0.25) is 0 Å². The second-order valence-electron chi connectivity index (χ2n) is 9.12. The van der Waals surface area contributed by atoms with Gasteiger partial charge in [-0.15, -0.1) is 0 Å². The van der Waals surface area contributed by atoms with Crippen molar-refractivity contribution >= 4 is 10.9 Å². The van der Waals surface area contributed by atoms with E-state index in [0.29, 0.717) is 30.0 Å². The molecule has 11 heteroatoms. The fourth-order valence-corrected chi connectivity index (χ4v) is 5.34. The van der Waals surface area contributed by atoms with Gasteiger partial charge in [-0.25, -0.2) is 4.98 Å². The standard InChI is InChI=1S/C26H24F6N2O3/c1-35-19-10-9-14(12-20(19)36-2)24-34-11-4-3-8-18(34)23(37-24)16-13-21(26(30,31)32)33-22-15(16)6-5-7-17(22)25(27,28)29/h5-7,9-10,12-13,18,23-24H,3-4,8,11H2,1-2H3. The summed E-state index contributed by atoms with van der Waals surface area (Å²) in [7, 11) is 2.99. The number of benzene rings is 2. The molecule has 0 spiro atoms. The van der Waals surface area contributed by atoms with Crippen molar-refractivity contribution in [3.05, 3.63) is 64.8 Å². The summed E-state index contributed by atoms with van der Waals surface area (Å²) in [5, 5.41) is -0.00805. The first-order chi connectivity index (χ1) is 17.5. The number of pyridine rings is 1. The lowest BCUT2D eigenvalue weighted by Crippen LogP contribution is -2.38. The maximum atomic E-state index is 13.8. The number of fused-ring (bicyclic) bond motifs is 2. The summed E-state index contributed by atoms with van der Waals surface area (Å²) in [6, 6.07) is 9.04. The summed E-state index contributed by atoms with van der Waals surface area (Å²) in [5.41, 5.74) is -2.58. The molecule has 0 amide bonds. The van der Waals surface area contributed by atoms with Gasteiger partial charge in [0.15, 0.2) is 11.5 Å². The lowest BCUT2D eigenvalue weighted by Gasteiger charge is -2.33. The van der Waals surface area contributed by atoms with Crippen molar-refractivity contribution in [1.82, 2.24) is 9.88 Å². The molecule has 5 rings (SSSR count). The third kappa shape index (κ3) is 4.59. The molecule has 3 heterocycles. The van der Waals surface area contributed by atoms with Crippen molar-refractivity contribution in [1.29, 1.82) is 0 Å². The summed E-state index contributed by atoms with van der Waals surface area (Å²) in [6.07, 6.45) is -9.02. The van der Waals surface area contributed by atoms with Crippen LogP contribution < -0.4 is 9.47 Å². The highest BCUT2D eigenvalue weighted by molar-refractivity contribution is 5.86. The third-order valence-electron chi connectivity index (χ3n) is 6.98. The Labute approximate surface area is 208 Å². The topological polar surface area (TPSA) is 43.8 Å². The highest BCUT2D eigenvalue weighted by Gasteiger charge is 2.47. The number of nitrogens with zero attached hydrogens (tertiary/aromatic N) is 2. The van der Waals surface area contributed by atoms with E-state index < -0.39 is 41.5 Å². The second kappa shape index (κ2) is 9.36. The van der Waals surface area contributed by atoms with Gasteiger partial charge < -0.3 is 14.2 Å². The second-order valence-corrected chi connectivity index (χ2v) is 9.12. The van der Waals surface area contributed by atoms with Gasteiger partial charge in [0, 0.05) is 18.0 Å². The molecular formula is C26H24F6N2O3. The van der Waals surface area contributed by atoms with Crippen molar-refractivity contribution in [2.45, 2.75) is 50.0 Å². The van der Waals surface area contributed by atoms with Crippen molar-refractivity contribution < 1.29 is 40.6 Å². The molecule has 0 saturated carbocycles. The molecule has 2 saturated heterocycles. The van der Waals surface area contributed by atoms with E-state index in [4.69, 9.17) is 14.2 Å². The number of para-hydroxylation sites is 1. The van der Waals surface area contributed by atoms with Crippen molar-refractivity contribution in [2.24, 2.45) is 0 Å². The lowest BCUT2D eigenvalue weighted by molar-refractivity contribution is -0.142. The van der Waals surface area contributed by atoms with Gasteiger partial charge in [-0.1, -0.05) is 24.6 Å². The van der Waals surface area contributed by atoms with Crippen molar-refractivity contribution in [3.63, 3.8) is 0 Å². The van der Waals surface area contributed by atoms with Gasteiger partial charge in [0.1, 0.15) is 18.0 Å². The smallest absolute Gasteiger partial charge is 0.433 e. The summed E-state index contributed by atoms with van der Waals surface area (Å²) >= 11 is 0. The number of ether oxygens (including phenoxy) is 3. The van der Waals surface area contributed by atoms with E-state index in [2.05, 4.69) is 9.88 Å². The van der Waals surface area contributed by atoms with Gasteiger partial charge in [-0.2, -0.15) is 26.3 Å². The summed E-state index contributed by atoms with van der Waals surface area (Å²) in [6.45, 7) is 0.628. The molecule has 0 N–H and O–H groups in total. The molecule has 2 aliphatic heterocycles. The van der Waals surface area contributed by atoms with Crippen LogP contribution in [0.15, 0.2) is 42.5 Å². The Morgan fingerprint density at radius 2 is 1.68 bits per heavy atom. The van der Waals surface area contributed by atoms with Crippen LogP contribution in [-0.4, -0.2) is 36.7 Å². The fraction of sp³-hybridized carbons (Fsp3) is 0.423. The van der Waals surface area contributed by atoms with E-state index in [1.807, 2.05) is 0 Å². The summed E-state index contributed by atoms with van der Waals surface area (Å²) in [5.74, 6) is 0.967. The predicted octanol–water partition coefficient (Wildman–Crippen LogP) is 6.91. The normalized spacial score (nSPS) is 22.8. The largest absolute Gasteiger partial charge is 0.493 e. The molecule has 0 aliphatic carbocycles. The van der Waals surface area contributed by atoms with Gasteiger partial charge in [0.25, 0.3) is 0 Å². The minimum Gasteiger partial charge on any atom is -0.493 e. The van der Waals surface area contributed by atoms with Gasteiger partial charge in [0.2, 0.25) is 0 Å². The molecule has 37 heavy (non-hydrogen) atoms. The summed E-state index contributed by atoms with van der Waals surface area (Å²) in [4.78, 5) is 5.48. The molecule has 2 aliphatic rings. The number of piperidine rings is 1. The highest BCUT2D eigenvalue weighted by Crippen LogP contribution is 2.49. The van der Waals surface area contributed by atoms with E-state index >= 15 is 0 Å². The average Bonchev–Trinajstić information content (AvgIpc) is 3.25. The first-order valence-corrected chi connectivity index (χ1v) is 11.7. The molecule has 2 fully saturated rings. The third-order valence-corrected chi connectivity index (χ3v) is 6.98. The molecule has 1 aromatic heterocycles. The number of aromatic nitrogens is 1. The zero-order valence-electron chi connectivity index (χ0n) is 20.0. The maximum Gasteiger partial charge on any atom is 0.433 e. The van der Waals surface area contributed by atoms with Crippen LogP contribution in [0.1, 0.15) is 54.0 Å². The zero-order valence-corrected chi connectivity index (χ0v) is 20.0. The molecule has 5 nitrogen and oxygen atoms in total. The van der Waals surface area contributed by atoms with Crippen LogP contribution in [0.25, 0.3) is 10.9 Å². The van der Waals surface area contributed by atoms with Crippen LogP contribution in [-0.2, 0) is 17.1 Å². The van der Waals surface area contributed by atoms with E-state index in [-0.39, 0.29) is 17.0 Å². The van der Waals surface area contributed by atoms with Crippen LogP contribution >= 0.6 is 0 Å². The summed E-state index contributed by atoms with van der Waals surface area (Å²) < 4.78 is 99.8. The molecular weight excluding hydrogens is 502 g/mol. The molecule has 0 radical (unpaired) electrons. The number of methoxy groups -OCH3 is 2. The van der Waals surface area contributed by atoms with Gasteiger partial charge >= 0.3 is 12.4 Å². The van der Waals surface area contributed by atoms with Gasteiger partial charge in [-0.3, -0.25) is 4.90 Å². The van der Waals surface area contributed by atoms with E-state index in [1.54, 1.807) is 18.2 Å². The first kappa shape index (κ1) is 25.6. The SMILES string of the molecule is COc1ccc(C2OC(c3cc(C(F)(F)F)nc4c(C(F)(F)F)cccc34)C3CCCCN23)cc1OC. The average molecular weight is 526 g/mol.